The molecule has 0 atom stereocenters. The number of methoxy groups -OCH3 is 1. The molecule has 0 aliphatic rings. The Hall–Kier alpha value is -6.62. The topological polar surface area (TPSA) is 106 Å². The van der Waals surface area contributed by atoms with E-state index in [9.17, 15) is 0 Å². The molecule has 11 nitrogen and oxygen atoms in total. The van der Waals surface area contributed by atoms with Gasteiger partial charge in [-0.1, -0.05) is 174 Å². The van der Waals surface area contributed by atoms with Crippen molar-refractivity contribution in [1.29, 1.82) is 0 Å². The molecule has 6 aromatic heterocycles. The fraction of sp³-hybridized carbons (Fsp3) is 0.477. The van der Waals surface area contributed by atoms with Crippen LogP contribution in [0.3, 0.4) is 0 Å². The molecule has 6 heterocycles. The summed E-state index contributed by atoms with van der Waals surface area (Å²) in [6, 6.07) is 35.7. The monoisotopic (exact) mass is 1030 g/mol. The minimum atomic E-state index is 0.0365. The number of benzene rings is 2. The number of hydrogen-bond acceptors (Lipinski definition) is 7. The summed E-state index contributed by atoms with van der Waals surface area (Å²) in [5, 5.41) is 19.2. The molecule has 2 aromatic carbocycles. The maximum absolute atomic E-state index is 5.10. The fourth-order valence-electron chi connectivity index (χ4n) is 7.98. The lowest BCUT2D eigenvalue weighted by Gasteiger charge is -2.14. The van der Waals surface area contributed by atoms with E-state index in [2.05, 4.69) is 244 Å². The van der Waals surface area contributed by atoms with Gasteiger partial charge in [-0.2, -0.15) is 20.4 Å². The molecule has 0 saturated heterocycles. The highest BCUT2D eigenvalue weighted by Gasteiger charge is 2.25. The van der Waals surface area contributed by atoms with Gasteiger partial charge in [-0.15, -0.1) is 0 Å². The number of rotatable bonds is 9. The Morgan fingerprint density at radius 2 is 0.671 bits per heavy atom. The first kappa shape index (κ1) is 60.2. The molecule has 0 amide bonds. The third kappa shape index (κ3) is 15.7. The molecule has 408 valence electrons. The minimum absolute atomic E-state index is 0.0365. The van der Waals surface area contributed by atoms with Crippen LogP contribution in [-0.4, -0.2) is 56.2 Å². The van der Waals surface area contributed by atoms with Crippen molar-refractivity contribution in [3.05, 3.63) is 172 Å². The van der Waals surface area contributed by atoms with Crippen LogP contribution in [0.2, 0.25) is 0 Å². The van der Waals surface area contributed by atoms with Gasteiger partial charge >= 0.3 is 0 Å². The van der Waals surface area contributed by atoms with E-state index < -0.39 is 0 Å². The number of aromatic nitrogens is 10. The summed E-state index contributed by atoms with van der Waals surface area (Å²) in [7, 11) is 1.62. The van der Waals surface area contributed by atoms with Gasteiger partial charge in [-0.3, -0.25) is 4.98 Å². The highest BCUT2D eigenvalue weighted by Crippen LogP contribution is 2.31. The molecule has 8 rings (SSSR count). The van der Waals surface area contributed by atoms with Crippen molar-refractivity contribution in [2.45, 2.75) is 198 Å². The molecule has 11 heteroatoms. The van der Waals surface area contributed by atoms with Crippen LogP contribution in [-0.2, 0) is 21.7 Å². The van der Waals surface area contributed by atoms with Crippen LogP contribution < -0.4 is 4.74 Å². The number of nitrogens with zero attached hydrogens (tertiary/aromatic N) is 10. The Labute approximate surface area is 457 Å². The van der Waals surface area contributed by atoms with Crippen LogP contribution in [0.1, 0.15) is 219 Å². The zero-order valence-electron chi connectivity index (χ0n) is 50.7. The van der Waals surface area contributed by atoms with E-state index in [1.165, 1.54) is 28.3 Å². The molecule has 0 fully saturated rings. The quantitative estimate of drug-likeness (QED) is 0.142. The van der Waals surface area contributed by atoms with Crippen molar-refractivity contribution in [2.75, 3.05) is 7.11 Å². The van der Waals surface area contributed by atoms with Gasteiger partial charge in [0.15, 0.2) is 0 Å². The van der Waals surface area contributed by atoms with Crippen molar-refractivity contribution >= 4 is 0 Å². The molecule has 0 saturated carbocycles. The van der Waals surface area contributed by atoms with Gasteiger partial charge in [-0.05, 0) is 104 Å². The average molecular weight is 1030 g/mol. The zero-order chi connectivity index (χ0) is 56.7. The Morgan fingerprint density at radius 1 is 0.368 bits per heavy atom. The van der Waals surface area contributed by atoms with Gasteiger partial charge in [0.1, 0.15) is 0 Å². The third-order valence-corrected chi connectivity index (χ3v) is 13.0. The van der Waals surface area contributed by atoms with Crippen molar-refractivity contribution in [2.24, 2.45) is 0 Å². The van der Waals surface area contributed by atoms with Crippen LogP contribution in [0.15, 0.2) is 116 Å². The van der Waals surface area contributed by atoms with E-state index in [4.69, 9.17) is 25.1 Å². The summed E-state index contributed by atoms with van der Waals surface area (Å²) in [5.41, 5.74) is 16.3. The van der Waals surface area contributed by atoms with Gasteiger partial charge in [0.2, 0.25) is 5.88 Å². The number of pyridine rings is 2. The molecular weight excluding hydrogens is 937 g/mol. The second-order valence-electron chi connectivity index (χ2n) is 25.5. The normalized spacial score (nSPS) is 12.1. The number of para-hydroxylation sites is 1. The van der Waals surface area contributed by atoms with Crippen molar-refractivity contribution in [1.82, 2.24) is 49.1 Å². The standard InChI is InChI=1S/C17H24N2.C16H23N3O.C16H23N3.C16H22N2/c1-12(2)15-11-16(17(4,5)6)18-19(15)14-9-7-13(3)8-10-14;1-11(2)13-9-14(16(3,4)5)18-19(13)12-7-8-15(20-6)17-10-12;1-11(2)14-9-15(16(4,5)6)18-19(14)13-8-7-12(3)17-10-13;1-12(2)14-11-15(16(3,4)5)17-18(14)13-9-7-6-8-10-13/h7-12H,1-6H3;7-11H,1-6H3;7-11H,1-6H3;6-12H,1-5H3. The first-order valence-electron chi connectivity index (χ1n) is 27.3. The first-order chi connectivity index (χ1) is 35.3. The van der Waals surface area contributed by atoms with Gasteiger partial charge in [0.05, 0.1) is 65.0 Å². The molecule has 0 bridgehead atoms. The summed E-state index contributed by atoms with van der Waals surface area (Å²) in [5.74, 6) is 2.38. The minimum Gasteiger partial charge on any atom is -0.481 e. The number of hydrogen-bond donors (Lipinski definition) is 0. The molecule has 8 aromatic rings. The molecule has 0 aliphatic heterocycles. The van der Waals surface area contributed by atoms with E-state index >= 15 is 0 Å². The number of aryl methyl sites for hydroxylation is 2. The second kappa shape index (κ2) is 24.6. The van der Waals surface area contributed by atoms with E-state index in [0.717, 1.165) is 51.2 Å². The lowest BCUT2D eigenvalue weighted by molar-refractivity contribution is 0.397. The maximum Gasteiger partial charge on any atom is 0.213 e. The fourth-order valence-corrected chi connectivity index (χ4v) is 7.98. The zero-order valence-corrected chi connectivity index (χ0v) is 50.7. The van der Waals surface area contributed by atoms with E-state index in [1.54, 1.807) is 13.3 Å². The van der Waals surface area contributed by atoms with Crippen LogP contribution in [0, 0.1) is 13.8 Å². The summed E-state index contributed by atoms with van der Waals surface area (Å²) in [4.78, 5) is 8.63. The van der Waals surface area contributed by atoms with E-state index in [-0.39, 0.29) is 21.7 Å². The molecule has 0 N–H and O–H groups in total. The van der Waals surface area contributed by atoms with Gasteiger partial charge < -0.3 is 4.74 Å². The Morgan fingerprint density at radius 3 is 0.947 bits per heavy atom. The molecule has 0 radical (unpaired) electrons. The predicted octanol–water partition coefficient (Wildman–Crippen LogP) is 16.6. The van der Waals surface area contributed by atoms with E-state index in [1.807, 2.05) is 46.7 Å². The smallest absolute Gasteiger partial charge is 0.213 e. The second-order valence-corrected chi connectivity index (χ2v) is 25.5. The summed E-state index contributed by atoms with van der Waals surface area (Å²) < 4.78 is 13.3. The van der Waals surface area contributed by atoms with Crippen LogP contribution in [0.25, 0.3) is 22.7 Å². The predicted molar refractivity (Wildman–Crippen MR) is 317 cm³/mol. The molecular formula is C65H92N10O. The third-order valence-electron chi connectivity index (χ3n) is 13.0. The summed E-state index contributed by atoms with van der Waals surface area (Å²) >= 11 is 0. The average Bonchev–Trinajstić information content (AvgIpc) is 4.18. The Bertz CT molecular complexity index is 2940. The summed E-state index contributed by atoms with van der Waals surface area (Å²) in [6.45, 7) is 48.0. The largest absolute Gasteiger partial charge is 0.481 e. The Balaban J connectivity index is 0.000000187. The highest BCUT2D eigenvalue weighted by atomic mass is 16.5. The van der Waals surface area contributed by atoms with Gasteiger partial charge in [0.25, 0.3) is 0 Å². The number of ether oxygens (including phenoxy) is 1. The lowest BCUT2D eigenvalue weighted by atomic mass is 9.91. The van der Waals surface area contributed by atoms with Gasteiger partial charge in [0, 0.05) is 56.2 Å². The van der Waals surface area contributed by atoms with E-state index in [0.29, 0.717) is 29.6 Å². The highest BCUT2D eigenvalue weighted by molar-refractivity contribution is 5.39. The molecule has 76 heavy (non-hydrogen) atoms. The molecule has 0 unspecified atom stereocenters. The lowest BCUT2D eigenvalue weighted by Crippen LogP contribution is -2.12. The van der Waals surface area contributed by atoms with Crippen molar-refractivity contribution < 1.29 is 4.74 Å². The van der Waals surface area contributed by atoms with Crippen molar-refractivity contribution in [3.8, 4) is 28.6 Å². The molecule has 0 spiro atoms. The van der Waals surface area contributed by atoms with Crippen LogP contribution in [0.5, 0.6) is 5.88 Å². The SMILES string of the molecule is CC(C)c1cc(C(C)(C)C)nn1-c1ccccc1.COc1ccc(-n2nc(C(C)(C)C)cc2C(C)C)cn1.Cc1ccc(-n2nc(C(C)(C)C)cc2C(C)C)cc1.Cc1ccc(-n2nc(C(C)(C)C)cc2C(C)C)cn1. The van der Waals surface area contributed by atoms with Crippen LogP contribution in [0.4, 0.5) is 0 Å². The van der Waals surface area contributed by atoms with Crippen LogP contribution >= 0.6 is 0 Å². The first-order valence-corrected chi connectivity index (χ1v) is 27.3. The molecule has 0 aliphatic carbocycles. The maximum atomic E-state index is 5.10. The Kier molecular flexibility index (Phi) is 19.5. The van der Waals surface area contributed by atoms with Gasteiger partial charge in [-0.25, -0.2) is 23.7 Å². The summed E-state index contributed by atoms with van der Waals surface area (Å²) in [6.07, 6.45) is 3.69. The van der Waals surface area contributed by atoms with Crippen molar-refractivity contribution in [3.63, 3.8) is 0 Å².